The van der Waals surface area contributed by atoms with Gasteiger partial charge < -0.3 is 10.8 Å². The molecule has 1 saturated heterocycles. The molecule has 1 atom stereocenters. The van der Waals surface area contributed by atoms with Gasteiger partial charge in [-0.15, -0.1) is 11.3 Å². The minimum absolute atomic E-state index is 0.0103. The van der Waals surface area contributed by atoms with Crippen LogP contribution >= 0.6 is 11.3 Å². The molecule has 0 radical (unpaired) electrons. The lowest BCUT2D eigenvalue weighted by atomic mass is 10.1. The van der Waals surface area contributed by atoms with Gasteiger partial charge in [-0.05, 0) is 24.4 Å². The van der Waals surface area contributed by atoms with E-state index in [1.165, 1.54) is 4.88 Å². The van der Waals surface area contributed by atoms with Crippen LogP contribution in [-0.2, 0) is 11.3 Å². The summed E-state index contributed by atoms with van der Waals surface area (Å²) in [5, 5.41) is 10.8. The first-order chi connectivity index (χ1) is 9.20. The molecule has 1 aliphatic heterocycles. The normalized spacial score (nSPS) is 19.1. The molecule has 1 aromatic heterocycles. The Kier molecular flexibility index (Phi) is 4.97. The molecule has 0 spiro atoms. The molecule has 5 heteroatoms. The summed E-state index contributed by atoms with van der Waals surface area (Å²) >= 11 is 1.68. The van der Waals surface area contributed by atoms with Crippen molar-refractivity contribution in [2.75, 3.05) is 19.7 Å². The quantitative estimate of drug-likeness (QED) is 0.800. The zero-order valence-corrected chi connectivity index (χ0v) is 11.6. The fourth-order valence-corrected chi connectivity index (χ4v) is 3.07. The van der Waals surface area contributed by atoms with Crippen molar-refractivity contribution in [2.24, 2.45) is 11.7 Å². The highest BCUT2D eigenvalue weighted by molar-refractivity contribution is 7.10. The highest BCUT2D eigenvalue weighted by atomic mass is 32.1. The second kappa shape index (κ2) is 6.71. The molecule has 0 saturated carbocycles. The molecular formula is C14H18N2O2S. The molecule has 1 aromatic rings. The van der Waals surface area contributed by atoms with Crippen molar-refractivity contribution in [3.63, 3.8) is 0 Å². The molecule has 19 heavy (non-hydrogen) atoms. The second-order valence-electron chi connectivity index (χ2n) is 4.66. The van der Waals surface area contributed by atoms with E-state index in [4.69, 9.17) is 10.8 Å². The fourth-order valence-electron chi connectivity index (χ4n) is 2.20. The predicted molar refractivity (Wildman–Crippen MR) is 75.5 cm³/mol. The number of hydrogen-bond acceptors (Lipinski definition) is 4. The molecule has 0 bridgehead atoms. The molecule has 3 N–H and O–H groups in total. The molecule has 2 rings (SSSR count). The van der Waals surface area contributed by atoms with Crippen LogP contribution in [0.25, 0.3) is 0 Å². The first-order valence-electron chi connectivity index (χ1n) is 6.38. The van der Waals surface area contributed by atoms with Crippen molar-refractivity contribution in [3.8, 4) is 11.8 Å². The van der Waals surface area contributed by atoms with Gasteiger partial charge in [0.25, 0.3) is 0 Å². The summed E-state index contributed by atoms with van der Waals surface area (Å²) in [7, 11) is 0. The molecule has 0 aliphatic carbocycles. The maximum Gasteiger partial charge on any atom is 0.221 e. The number of aliphatic hydroxyl groups excluding tert-OH is 1. The van der Waals surface area contributed by atoms with Crippen molar-refractivity contribution in [1.29, 1.82) is 0 Å². The van der Waals surface area contributed by atoms with Crippen LogP contribution in [0.5, 0.6) is 0 Å². The van der Waals surface area contributed by atoms with Gasteiger partial charge in [-0.25, -0.2) is 0 Å². The number of rotatable bonds is 4. The van der Waals surface area contributed by atoms with Gasteiger partial charge in [0, 0.05) is 30.0 Å². The van der Waals surface area contributed by atoms with Gasteiger partial charge in [0.1, 0.15) is 0 Å². The number of carbonyl (C=O) groups excluding carboxylic acids is 1. The van der Waals surface area contributed by atoms with Gasteiger partial charge in [-0.2, -0.15) is 0 Å². The van der Waals surface area contributed by atoms with Crippen molar-refractivity contribution >= 4 is 17.2 Å². The number of primary amides is 1. The summed E-state index contributed by atoms with van der Waals surface area (Å²) in [6.07, 6.45) is 1.36. The van der Waals surface area contributed by atoms with E-state index in [2.05, 4.69) is 16.7 Å². The van der Waals surface area contributed by atoms with Gasteiger partial charge in [0.05, 0.1) is 12.5 Å². The maximum atomic E-state index is 11.1. The third-order valence-electron chi connectivity index (χ3n) is 3.25. The first kappa shape index (κ1) is 14.1. The number of likely N-dealkylation sites (tertiary alicyclic amines) is 1. The molecule has 102 valence electrons. The molecule has 1 unspecified atom stereocenters. The predicted octanol–water partition coefficient (Wildman–Crippen LogP) is 0.789. The van der Waals surface area contributed by atoms with Crippen LogP contribution in [-0.4, -0.2) is 35.6 Å². The maximum absolute atomic E-state index is 11.1. The Morgan fingerprint density at radius 2 is 2.47 bits per heavy atom. The van der Waals surface area contributed by atoms with E-state index in [0.29, 0.717) is 6.42 Å². The molecule has 1 aliphatic rings. The largest absolute Gasteiger partial charge is 0.395 e. The molecule has 1 fully saturated rings. The average Bonchev–Trinajstić information content (AvgIpc) is 3.00. The Labute approximate surface area is 117 Å². The molecular weight excluding hydrogens is 260 g/mol. The van der Waals surface area contributed by atoms with Crippen LogP contribution in [0.1, 0.15) is 23.3 Å². The lowest BCUT2D eigenvalue weighted by molar-refractivity contribution is -0.121. The monoisotopic (exact) mass is 278 g/mol. The number of nitrogens with two attached hydrogens (primary N) is 1. The summed E-state index contributed by atoms with van der Waals surface area (Å²) in [4.78, 5) is 14.6. The van der Waals surface area contributed by atoms with Crippen LogP contribution in [0.15, 0.2) is 11.4 Å². The van der Waals surface area contributed by atoms with Crippen LogP contribution in [0.4, 0.5) is 0 Å². The minimum atomic E-state index is -0.198. The summed E-state index contributed by atoms with van der Waals surface area (Å²) in [6.45, 7) is 2.58. The fraction of sp³-hybridized carbons (Fsp3) is 0.500. The van der Waals surface area contributed by atoms with Crippen molar-refractivity contribution in [3.05, 3.63) is 21.9 Å². The topological polar surface area (TPSA) is 66.6 Å². The minimum Gasteiger partial charge on any atom is -0.395 e. The molecule has 4 nitrogen and oxygen atoms in total. The standard InChI is InChI=1S/C14H18N2O2S/c15-14(18)12-4-6-16(9-12)10-13-11(5-8-19-13)3-1-2-7-17/h5,8,12,17H,2,4,6-7,9-10H2,(H2,15,18). The number of aliphatic hydroxyl groups is 1. The van der Waals surface area contributed by atoms with E-state index in [-0.39, 0.29) is 18.4 Å². The van der Waals surface area contributed by atoms with Crippen molar-refractivity contribution in [1.82, 2.24) is 4.90 Å². The molecule has 1 amide bonds. The van der Waals surface area contributed by atoms with Crippen LogP contribution in [0.3, 0.4) is 0 Å². The Morgan fingerprint density at radius 3 is 3.16 bits per heavy atom. The first-order valence-corrected chi connectivity index (χ1v) is 7.26. The van der Waals surface area contributed by atoms with Crippen molar-refractivity contribution in [2.45, 2.75) is 19.4 Å². The lowest BCUT2D eigenvalue weighted by Gasteiger charge is -2.14. The van der Waals surface area contributed by atoms with E-state index in [1.807, 2.05) is 11.4 Å². The number of amides is 1. The number of thiophene rings is 1. The van der Waals surface area contributed by atoms with Crippen LogP contribution in [0, 0.1) is 17.8 Å². The smallest absolute Gasteiger partial charge is 0.221 e. The Hall–Kier alpha value is -1.35. The number of carbonyl (C=O) groups is 1. The highest BCUT2D eigenvalue weighted by Gasteiger charge is 2.26. The molecule has 0 aromatic carbocycles. The Morgan fingerprint density at radius 1 is 1.63 bits per heavy atom. The Bertz CT molecular complexity index is 501. The third kappa shape index (κ3) is 3.80. The Balaban J connectivity index is 1.96. The summed E-state index contributed by atoms with van der Waals surface area (Å²) in [5.74, 6) is 5.82. The summed E-state index contributed by atoms with van der Waals surface area (Å²) in [5.41, 5.74) is 6.36. The zero-order valence-electron chi connectivity index (χ0n) is 10.8. The summed E-state index contributed by atoms with van der Waals surface area (Å²) in [6, 6.07) is 2.01. The number of nitrogens with zero attached hydrogens (tertiary/aromatic N) is 1. The zero-order chi connectivity index (χ0) is 13.7. The SMILES string of the molecule is NC(=O)C1CCN(Cc2sccc2C#CCCO)C1. The second-order valence-corrected chi connectivity index (χ2v) is 5.66. The number of hydrogen-bond donors (Lipinski definition) is 2. The van der Waals surface area contributed by atoms with Gasteiger partial charge in [-0.3, -0.25) is 9.69 Å². The van der Waals surface area contributed by atoms with E-state index < -0.39 is 0 Å². The van der Waals surface area contributed by atoms with Crippen LogP contribution < -0.4 is 5.73 Å². The van der Waals surface area contributed by atoms with E-state index in [0.717, 1.165) is 31.6 Å². The van der Waals surface area contributed by atoms with E-state index >= 15 is 0 Å². The summed E-state index contributed by atoms with van der Waals surface area (Å²) < 4.78 is 0. The third-order valence-corrected chi connectivity index (χ3v) is 4.15. The average molecular weight is 278 g/mol. The highest BCUT2D eigenvalue weighted by Crippen LogP contribution is 2.23. The van der Waals surface area contributed by atoms with E-state index in [9.17, 15) is 4.79 Å². The van der Waals surface area contributed by atoms with Crippen LogP contribution in [0.2, 0.25) is 0 Å². The van der Waals surface area contributed by atoms with Crippen molar-refractivity contribution < 1.29 is 9.90 Å². The van der Waals surface area contributed by atoms with Gasteiger partial charge >= 0.3 is 0 Å². The van der Waals surface area contributed by atoms with Gasteiger partial charge in [0.2, 0.25) is 5.91 Å². The molecule has 2 heterocycles. The van der Waals surface area contributed by atoms with Gasteiger partial charge in [-0.1, -0.05) is 11.8 Å². The lowest BCUT2D eigenvalue weighted by Crippen LogP contribution is -2.27. The van der Waals surface area contributed by atoms with Gasteiger partial charge in [0.15, 0.2) is 0 Å². The van der Waals surface area contributed by atoms with E-state index in [1.54, 1.807) is 11.3 Å².